The highest BCUT2D eigenvalue weighted by molar-refractivity contribution is 6.62. The van der Waals surface area contributed by atoms with E-state index in [0.717, 1.165) is 27.6 Å². The Morgan fingerprint density at radius 1 is 1.04 bits per heavy atom. The van der Waals surface area contributed by atoms with Crippen LogP contribution in [0.15, 0.2) is 30.6 Å². The summed E-state index contributed by atoms with van der Waals surface area (Å²) in [4.78, 5) is 0. The lowest BCUT2D eigenvalue weighted by molar-refractivity contribution is 0.00578. The summed E-state index contributed by atoms with van der Waals surface area (Å²) < 4.78 is 16.1. The van der Waals surface area contributed by atoms with Gasteiger partial charge in [0.05, 0.1) is 22.9 Å². The van der Waals surface area contributed by atoms with Gasteiger partial charge in [-0.3, -0.25) is 9.36 Å². The number of hydrogen-bond acceptors (Lipinski definition) is 4. The van der Waals surface area contributed by atoms with Crippen molar-refractivity contribution in [1.29, 1.82) is 0 Å². The molecule has 0 atom stereocenters. The predicted molar refractivity (Wildman–Crippen MR) is 98.6 cm³/mol. The van der Waals surface area contributed by atoms with Crippen LogP contribution < -0.4 is 5.46 Å². The van der Waals surface area contributed by atoms with Crippen LogP contribution >= 0.6 is 0 Å². The maximum Gasteiger partial charge on any atom is 0.494 e. The van der Waals surface area contributed by atoms with Crippen molar-refractivity contribution < 1.29 is 9.31 Å². The van der Waals surface area contributed by atoms with Gasteiger partial charge in [-0.1, -0.05) is 12.1 Å². The molecule has 130 valence electrons. The molecule has 2 aromatic heterocycles. The highest BCUT2D eigenvalue weighted by Gasteiger charge is 2.51. The van der Waals surface area contributed by atoms with Crippen molar-refractivity contribution in [2.24, 2.45) is 14.1 Å². The van der Waals surface area contributed by atoms with E-state index in [4.69, 9.17) is 9.31 Å². The van der Waals surface area contributed by atoms with Gasteiger partial charge in [0, 0.05) is 31.2 Å². The molecule has 1 aliphatic heterocycles. The summed E-state index contributed by atoms with van der Waals surface area (Å²) in [7, 11) is 3.48. The second-order valence-electron chi connectivity index (χ2n) is 7.74. The van der Waals surface area contributed by atoms with Gasteiger partial charge < -0.3 is 9.31 Å². The first-order chi connectivity index (χ1) is 11.7. The van der Waals surface area contributed by atoms with Crippen LogP contribution in [0.3, 0.4) is 0 Å². The van der Waals surface area contributed by atoms with Gasteiger partial charge in [0.25, 0.3) is 0 Å². The highest BCUT2D eigenvalue weighted by Crippen LogP contribution is 2.37. The van der Waals surface area contributed by atoms with Crippen LogP contribution in [0, 0.1) is 0 Å². The van der Waals surface area contributed by atoms with Gasteiger partial charge in [-0.15, -0.1) is 0 Å². The minimum absolute atomic E-state index is 0.353. The number of aryl methyl sites for hydroxylation is 2. The van der Waals surface area contributed by atoms with Crippen LogP contribution in [0.2, 0.25) is 0 Å². The molecule has 25 heavy (non-hydrogen) atoms. The van der Waals surface area contributed by atoms with Crippen LogP contribution in [0.4, 0.5) is 0 Å². The Bertz CT molecular complexity index is 941. The van der Waals surface area contributed by atoms with E-state index in [2.05, 4.69) is 56.1 Å². The van der Waals surface area contributed by atoms with E-state index < -0.39 is 0 Å². The summed E-state index contributed by atoms with van der Waals surface area (Å²) in [5.41, 5.74) is 3.29. The zero-order valence-corrected chi connectivity index (χ0v) is 15.6. The lowest BCUT2D eigenvalue weighted by atomic mass is 9.78. The lowest BCUT2D eigenvalue weighted by Gasteiger charge is -2.32. The number of nitrogens with zero attached hydrogens (tertiary/aromatic N) is 4. The molecule has 0 spiro atoms. The topological polar surface area (TPSA) is 54.1 Å². The van der Waals surface area contributed by atoms with Gasteiger partial charge in [0.15, 0.2) is 0 Å². The van der Waals surface area contributed by atoms with Gasteiger partial charge in [0.1, 0.15) is 5.69 Å². The van der Waals surface area contributed by atoms with Crippen molar-refractivity contribution in [2.75, 3.05) is 0 Å². The number of rotatable bonds is 2. The van der Waals surface area contributed by atoms with Gasteiger partial charge in [0.2, 0.25) is 0 Å². The zero-order valence-electron chi connectivity index (χ0n) is 15.6. The molecule has 0 amide bonds. The monoisotopic (exact) mass is 338 g/mol. The van der Waals surface area contributed by atoms with Crippen LogP contribution in [0.25, 0.3) is 22.2 Å². The first-order valence-electron chi connectivity index (χ1n) is 8.49. The average molecular weight is 338 g/mol. The largest absolute Gasteiger partial charge is 0.494 e. The van der Waals surface area contributed by atoms with Crippen molar-refractivity contribution in [1.82, 2.24) is 19.6 Å². The third-order valence-electron chi connectivity index (χ3n) is 5.38. The fraction of sp³-hybridized carbons (Fsp3) is 0.444. The molecule has 0 bridgehead atoms. The molecule has 6 nitrogen and oxygen atoms in total. The van der Waals surface area contributed by atoms with Crippen molar-refractivity contribution in [3.8, 4) is 11.3 Å². The summed E-state index contributed by atoms with van der Waals surface area (Å²) in [6.07, 6.45) is 3.81. The first-order valence-corrected chi connectivity index (χ1v) is 8.49. The van der Waals surface area contributed by atoms with Crippen molar-refractivity contribution >= 4 is 23.5 Å². The molecule has 0 N–H and O–H groups in total. The molecular formula is C18H23BN4O2. The molecule has 0 aliphatic carbocycles. The maximum absolute atomic E-state index is 6.19. The molecule has 1 saturated heterocycles. The normalized spacial score (nSPS) is 19.0. The average Bonchev–Trinajstić information content (AvgIpc) is 3.15. The minimum atomic E-state index is -0.378. The fourth-order valence-corrected chi connectivity index (χ4v) is 3.17. The Morgan fingerprint density at radius 3 is 2.32 bits per heavy atom. The summed E-state index contributed by atoms with van der Waals surface area (Å²) in [6, 6.07) is 6.24. The molecule has 4 rings (SSSR count). The SMILES string of the molecule is Cn1cc(-c2nn(C)c3ccc(B4OC(C)(C)C(C)(C)O4)cc23)cn1. The van der Waals surface area contributed by atoms with E-state index in [9.17, 15) is 0 Å². The Kier molecular flexibility index (Phi) is 3.40. The highest BCUT2D eigenvalue weighted by atomic mass is 16.7. The molecule has 1 fully saturated rings. The Balaban J connectivity index is 1.81. The van der Waals surface area contributed by atoms with Crippen LogP contribution in [0.5, 0.6) is 0 Å². The molecule has 3 heterocycles. The standard InChI is InChI=1S/C18H23BN4O2/c1-17(2)18(3,4)25-19(24-17)13-7-8-15-14(9-13)16(21-23(15)6)12-10-20-22(5)11-12/h7-11H,1-6H3. The lowest BCUT2D eigenvalue weighted by Crippen LogP contribution is -2.41. The quantitative estimate of drug-likeness (QED) is 0.673. The smallest absolute Gasteiger partial charge is 0.399 e. The van der Waals surface area contributed by atoms with Crippen LogP contribution in [-0.4, -0.2) is 37.9 Å². The second-order valence-corrected chi connectivity index (χ2v) is 7.74. The summed E-state index contributed by atoms with van der Waals surface area (Å²) in [6.45, 7) is 8.26. The van der Waals surface area contributed by atoms with E-state index >= 15 is 0 Å². The molecule has 1 aliphatic rings. The minimum Gasteiger partial charge on any atom is -0.399 e. The number of aromatic nitrogens is 4. The van der Waals surface area contributed by atoms with Crippen molar-refractivity contribution in [2.45, 2.75) is 38.9 Å². The molecule has 1 aromatic carbocycles. The third kappa shape index (κ3) is 2.50. The number of hydrogen-bond donors (Lipinski definition) is 0. The van der Waals surface area contributed by atoms with Crippen LogP contribution in [-0.2, 0) is 23.4 Å². The van der Waals surface area contributed by atoms with Crippen LogP contribution in [0.1, 0.15) is 27.7 Å². The van der Waals surface area contributed by atoms with E-state index in [-0.39, 0.29) is 18.3 Å². The molecule has 0 unspecified atom stereocenters. The predicted octanol–water partition coefficient (Wildman–Crippen LogP) is 2.27. The first kappa shape index (κ1) is 16.4. The summed E-state index contributed by atoms with van der Waals surface area (Å²) in [5, 5.41) is 10.0. The Labute approximate surface area is 147 Å². The fourth-order valence-electron chi connectivity index (χ4n) is 3.17. The van der Waals surface area contributed by atoms with Gasteiger partial charge >= 0.3 is 7.12 Å². The van der Waals surface area contributed by atoms with Gasteiger partial charge in [-0.25, -0.2) is 0 Å². The Hall–Kier alpha value is -2.12. The van der Waals surface area contributed by atoms with E-state index in [0.29, 0.717) is 0 Å². The zero-order chi connectivity index (χ0) is 18.0. The molecule has 0 saturated carbocycles. The molecule has 7 heteroatoms. The third-order valence-corrected chi connectivity index (χ3v) is 5.38. The number of benzene rings is 1. The van der Waals surface area contributed by atoms with Gasteiger partial charge in [-0.2, -0.15) is 10.2 Å². The molecular weight excluding hydrogens is 315 g/mol. The maximum atomic E-state index is 6.19. The Morgan fingerprint density at radius 2 is 1.72 bits per heavy atom. The van der Waals surface area contributed by atoms with Crippen molar-refractivity contribution in [3.05, 3.63) is 30.6 Å². The van der Waals surface area contributed by atoms with Gasteiger partial charge in [-0.05, 0) is 39.2 Å². The number of fused-ring (bicyclic) bond motifs is 1. The van der Waals surface area contributed by atoms with E-state index in [1.165, 1.54) is 0 Å². The van der Waals surface area contributed by atoms with E-state index in [1.54, 1.807) is 4.68 Å². The molecule has 3 aromatic rings. The molecule has 0 radical (unpaired) electrons. The van der Waals surface area contributed by atoms with E-state index in [1.807, 2.05) is 31.2 Å². The second kappa shape index (κ2) is 5.19. The van der Waals surface area contributed by atoms with Crippen molar-refractivity contribution in [3.63, 3.8) is 0 Å². The summed E-state index contributed by atoms with van der Waals surface area (Å²) >= 11 is 0. The summed E-state index contributed by atoms with van der Waals surface area (Å²) in [5.74, 6) is 0.